The van der Waals surface area contributed by atoms with E-state index in [1.54, 1.807) is 31.2 Å². The standard InChI is InChI=1S/C14H16N4O4/c1-3-22-13-7-5-4-6-12(13)16-14(19)10(2)17-9-11(8-15-17)18(20)21/h4-10H,3H2,1-2H3,(H,16,19)/t10-/m0/s1. The van der Waals surface area contributed by atoms with Gasteiger partial charge in [0.15, 0.2) is 0 Å². The van der Waals surface area contributed by atoms with E-state index in [1.165, 1.54) is 10.9 Å². The van der Waals surface area contributed by atoms with Crippen LogP contribution in [0.1, 0.15) is 19.9 Å². The van der Waals surface area contributed by atoms with Crippen molar-refractivity contribution >= 4 is 17.3 Å². The van der Waals surface area contributed by atoms with Gasteiger partial charge in [0.05, 0.1) is 17.2 Å². The molecule has 22 heavy (non-hydrogen) atoms. The number of anilines is 1. The molecule has 1 N–H and O–H groups in total. The Morgan fingerprint density at radius 2 is 2.23 bits per heavy atom. The van der Waals surface area contributed by atoms with Crippen LogP contribution in [0.15, 0.2) is 36.7 Å². The van der Waals surface area contributed by atoms with Crippen molar-refractivity contribution in [3.05, 3.63) is 46.8 Å². The number of aromatic nitrogens is 2. The van der Waals surface area contributed by atoms with Gasteiger partial charge >= 0.3 is 5.69 Å². The summed E-state index contributed by atoms with van der Waals surface area (Å²) in [5, 5.41) is 17.2. The highest BCUT2D eigenvalue weighted by molar-refractivity contribution is 5.94. The number of ether oxygens (including phenoxy) is 1. The molecule has 0 aliphatic carbocycles. The van der Waals surface area contributed by atoms with E-state index in [2.05, 4.69) is 10.4 Å². The second kappa shape index (κ2) is 6.70. The first kappa shape index (κ1) is 15.5. The van der Waals surface area contributed by atoms with Crippen LogP contribution < -0.4 is 10.1 Å². The molecule has 0 spiro atoms. The molecule has 0 aliphatic heterocycles. The van der Waals surface area contributed by atoms with Crippen LogP contribution in [-0.4, -0.2) is 27.2 Å². The van der Waals surface area contributed by atoms with Gasteiger partial charge in [-0.25, -0.2) is 0 Å². The fourth-order valence-corrected chi connectivity index (χ4v) is 1.84. The Morgan fingerprint density at radius 3 is 2.86 bits per heavy atom. The number of amides is 1. The highest BCUT2D eigenvalue weighted by Gasteiger charge is 2.20. The molecule has 1 aromatic carbocycles. The van der Waals surface area contributed by atoms with Crippen molar-refractivity contribution in [2.75, 3.05) is 11.9 Å². The van der Waals surface area contributed by atoms with Gasteiger partial charge in [0, 0.05) is 0 Å². The smallest absolute Gasteiger partial charge is 0.307 e. The summed E-state index contributed by atoms with van der Waals surface area (Å²) in [6, 6.07) is 6.37. The summed E-state index contributed by atoms with van der Waals surface area (Å²) in [5.74, 6) is 0.224. The molecule has 0 radical (unpaired) electrons. The fourth-order valence-electron chi connectivity index (χ4n) is 1.84. The van der Waals surface area contributed by atoms with Crippen LogP contribution in [0.25, 0.3) is 0 Å². The first-order chi connectivity index (χ1) is 10.5. The zero-order valence-corrected chi connectivity index (χ0v) is 12.2. The van der Waals surface area contributed by atoms with Crippen molar-refractivity contribution < 1.29 is 14.5 Å². The van der Waals surface area contributed by atoms with Crippen molar-refractivity contribution in [3.63, 3.8) is 0 Å². The molecule has 1 aromatic heterocycles. The van der Waals surface area contributed by atoms with Crippen molar-refractivity contribution in [2.45, 2.75) is 19.9 Å². The molecule has 1 amide bonds. The molecule has 1 heterocycles. The Hall–Kier alpha value is -2.90. The van der Waals surface area contributed by atoms with Crippen LogP contribution in [0.2, 0.25) is 0 Å². The number of nitrogens with one attached hydrogen (secondary N) is 1. The molecule has 1 atom stereocenters. The molecule has 0 unspecified atom stereocenters. The number of carbonyl (C=O) groups excluding carboxylic acids is 1. The van der Waals surface area contributed by atoms with Crippen molar-refractivity contribution in [1.29, 1.82) is 0 Å². The van der Waals surface area contributed by atoms with Crippen LogP contribution in [-0.2, 0) is 4.79 Å². The Bertz CT molecular complexity index is 683. The lowest BCUT2D eigenvalue weighted by Crippen LogP contribution is -2.24. The van der Waals surface area contributed by atoms with Gasteiger partial charge in [-0.15, -0.1) is 0 Å². The molecule has 116 valence electrons. The van der Waals surface area contributed by atoms with Crippen molar-refractivity contribution in [1.82, 2.24) is 9.78 Å². The van der Waals surface area contributed by atoms with Gasteiger partial charge in [0.1, 0.15) is 24.2 Å². The molecule has 0 fully saturated rings. The third kappa shape index (κ3) is 3.40. The van der Waals surface area contributed by atoms with E-state index in [-0.39, 0.29) is 11.6 Å². The first-order valence-electron chi connectivity index (χ1n) is 6.74. The molecule has 0 saturated carbocycles. The van der Waals surface area contributed by atoms with Gasteiger partial charge < -0.3 is 10.1 Å². The number of nitro groups is 1. The number of hydrogen-bond donors (Lipinski definition) is 1. The van der Waals surface area contributed by atoms with Gasteiger partial charge in [-0.3, -0.25) is 19.6 Å². The number of para-hydroxylation sites is 2. The average Bonchev–Trinajstić information content (AvgIpc) is 2.98. The molecule has 0 saturated heterocycles. The number of rotatable bonds is 6. The van der Waals surface area contributed by atoms with Crippen molar-refractivity contribution in [2.24, 2.45) is 0 Å². The summed E-state index contributed by atoms with van der Waals surface area (Å²) in [7, 11) is 0. The summed E-state index contributed by atoms with van der Waals surface area (Å²) >= 11 is 0. The SMILES string of the molecule is CCOc1ccccc1NC(=O)[C@H](C)n1cc([N+](=O)[O-])cn1. The fraction of sp³-hybridized carbons (Fsp3) is 0.286. The van der Waals surface area contributed by atoms with Crippen molar-refractivity contribution in [3.8, 4) is 5.75 Å². The number of carbonyl (C=O) groups is 1. The summed E-state index contributed by atoms with van der Waals surface area (Å²) < 4.78 is 6.68. The minimum atomic E-state index is -0.691. The predicted octanol–water partition coefficient (Wildman–Crippen LogP) is 2.39. The first-order valence-corrected chi connectivity index (χ1v) is 6.74. The Morgan fingerprint density at radius 1 is 1.50 bits per heavy atom. The van der Waals surface area contributed by atoms with E-state index in [4.69, 9.17) is 4.74 Å². The van der Waals surface area contributed by atoms with E-state index in [9.17, 15) is 14.9 Å². The summed E-state index contributed by atoms with van der Waals surface area (Å²) in [4.78, 5) is 22.3. The second-order valence-electron chi connectivity index (χ2n) is 4.53. The van der Waals surface area contributed by atoms with Crippen LogP contribution >= 0.6 is 0 Å². The monoisotopic (exact) mass is 304 g/mol. The van der Waals surface area contributed by atoms with Crippen LogP contribution in [0.3, 0.4) is 0 Å². The maximum Gasteiger partial charge on any atom is 0.307 e. The molecule has 8 nitrogen and oxygen atoms in total. The van der Waals surface area contributed by atoms with E-state index in [1.807, 2.05) is 6.92 Å². The van der Waals surface area contributed by atoms with Crippen LogP contribution in [0, 0.1) is 10.1 Å². The van der Waals surface area contributed by atoms with Gasteiger partial charge in [0.25, 0.3) is 0 Å². The van der Waals surface area contributed by atoms with Gasteiger partial charge in [0.2, 0.25) is 5.91 Å². The summed E-state index contributed by atoms with van der Waals surface area (Å²) in [6.45, 7) is 3.94. The van der Waals surface area contributed by atoms with Crippen LogP contribution in [0.4, 0.5) is 11.4 Å². The third-order valence-electron chi connectivity index (χ3n) is 3.02. The second-order valence-corrected chi connectivity index (χ2v) is 4.53. The number of hydrogen-bond acceptors (Lipinski definition) is 5. The highest BCUT2D eigenvalue weighted by atomic mass is 16.6. The molecule has 0 bridgehead atoms. The molecular formula is C14H16N4O4. The molecule has 0 aliphatic rings. The minimum absolute atomic E-state index is 0.158. The van der Waals surface area contributed by atoms with Gasteiger partial charge in [-0.05, 0) is 26.0 Å². The van der Waals surface area contributed by atoms with E-state index < -0.39 is 11.0 Å². The average molecular weight is 304 g/mol. The third-order valence-corrected chi connectivity index (χ3v) is 3.02. The highest BCUT2D eigenvalue weighted by Crippen LogP contribution is 2.25. The Balaban J connectivity index is 2.12. The quantitative estimate of drug-likeness (QED) is 0.652. The summed E-state index contributed by atoms with van der Waals surface area (Å²) in [5.41, 5.74) is 0.386. The van der Waals surface area contributed by atoms with Crippen LogP contribution in [0.5, 0.6) is 5.75 Å². The topological polar surface area (TPSA) is 99.3 Å². The summed E-state index contributed by atoms with van der Waals surface area (Å²) in [6.07, 6.45) is 2.33. The zero-order chi connectivity index (χ0) is 16.1. The number of nitrogens with zero attached hydrogens (tertiary/aromatic N) is 3. The van der Waals surface area contributed by atoms with E-state index in [0.717, 1.165) is 6.20 Å². The lowest BCUT2D eigenvalue weighted by atomic mass is 10.2. The minimum Gasteiger partial charge on any atom is -0.492 e. The lowest BCUT2D eigenvalue weighted by Gasteiger charge is -2.15. The maximum absolute atomic E-state index is 12.3. The lowest BCUT2D eigenvalue weighted by molar-refractivity contribution is -0.385. The van der Waals surface area contributed by atoms with E-state index >= 15 is 0 Å². The Labute approximate surface area is 126 Å². The largest absolute Gasteiger partial charge is 0.492 e. The molecule has 2 aromatic rings. The zero-order valence-electron chi connectivity index (χ0n) is 12.2. The molecular weight excluding hydrogens is 288 g/mol. The van der Waals surface area contributed by atoms with E-state index in [0.29, 0.717) is 18.0 Å². The predicted molar refractivity (Wildman–Crippen MR) is 79.8 cm³/mol. The normalized spacial score (nSPS) is 11.7. The van der Waals surface area contributed by atoms with Gasteiger partial charge in [-0.1, -0.05) is 12.1 Å². The number of benzene rings is 1. The molecule has 2 rings (SSSR count). The van der Waals surface area contributed by atoms with Gasteiger partial charge in [-0.2, -0.15) is 5.10 Å². The maximum atomic E-state index is 12.3. The molecule has 8 heteroatoms. The Kier molecular flexibility index (Phi) is 4.72.